The molecule has 4 unspecified atom stereocenters. The van der Waals surface area contributed by atoms with Crippen LogP contribution in [-0.2, 0) is 9.59 Å². The van der Waals surface area contributed by atoms with Crippen LogP contribution in [0.15, 0.2) is 41.5 Å². The molecule has 2 amide bonds. The molecule has 8 nitrogen and oxygen atoms in total. The number of allylic oxidation sites excluding steroid dienone is 2. The van der Waals surface area contributed by atoms with Crippen LogP contribution in [0.25, 0.3) is 0 Å². The Morgan fingerprint density at radius 2 is 1.69 bits per heavy atom. The van der Waals surface area contributed by atoms with Gasteiger partial charge in [0.2, 0.25) is 11.8 Å². The molecule has 1 aliphatic heterocycles. The third-order valence-corrected chi connectivity index (χ3v) is 6.50. The van der Waals surface area contributed by atoms with Crippen molar-refractivity contribution in [1.82, 2.24) is 20.5 Å². The number of aromatic nitrogens is 1. The molecular weight excluding hydrogens is 519 g/mol. The lowest BCUT2D eigenvalue weighted by Gasteiger charge is -2.18. The minimum Gasteiger partial charge on any atom is -0.370 e. The maximum absolute atomic E-state index is 12.7. The number of likely N-dealkylation sites (tertiary alicyclic amines) is 1. The van der Waals surface area contributed by atoms with Gasteiger partial charge in [-0.3, -0.25) is 19.5 Å². The zero-order chi connectivity index (χ0) is 21.6. The second-order valence-electron chi connectivity index (χ2n) is 8.46. The quantitative estimate of drug-likeness (QED) is 0.103. The molecule has 0 radical (unpaired) electrons. The zero-order valence-electron chi connectivity index (χ0n) is 18.5. The minimum absolute atomic E-state index is 0. The summed E-state index contributed by atoms with van der Waals surface area (Å²) in [5.74, 6) is 2.07. The van der Waals surface area contributed by atoms with Crippen LogP contribution in [0.1, 0.15) is 25.7 Å². The summed E-state index contributed by atoms with van der Waals surface area (Å²) in [6.45, 7) is 2.85. The summed E-state index contributed by atoms with van der Waals surface area (Å²) in [6.07, 6.45) is 9.77. The summed E-state index contributed by atoms with van der Waals surface area (Å²) in [6, 6.07) is 5.83. The van der Waals surface area contributed by atoms with Gasteiger partial charge in [-0.05, 0) is 49.7 Å². The Morgan fingerprint density at radius 3 is 2.31 bits per heavy atom. The highest BCUT2D eigenvalue weighted by Crippen LogP contribution is 2.52. The van der Waals surface area contributed by atoms with Gasteiger partial charge in [-0.25, -0.2) is 4.98 Å². The van der Waals surface area contributed by atoms with E-state index in [0.29, 0.717) is 19.5 Å². The predicted octanol–water partition coefficient (Wildman–Crippen LogP) is 2.25. The highest BCUT2D eigenvalue weighted by molar-refractivity contribution is 14.0. The van der Waals surface area contributed by atoms with Gasteiger partial charge in [0.25, 0.3) is 0 Å². The molecule has 3 aliphatic rings. The Hall–Kier alpha value is -2.17. The zero-order valence-corrected chi connectivity index (χ0v) is 20.8. The number of hydrogen-bond acceptors (Lipinski definition) is 5. The average molecular weight is 552 g/mol. The molecule has 1 saturated carbocycles. The summed E-state index contributed by atoms with van der Waals surface area (Å²) < 4.78 is 0. The number of pyridine rings is 1. The van der Waals surface area contributed by atoms with Crippen LogP contribution in [-0.4, -0.2) is 60.9 Å². The van der Waals surface area contributed by atoms with Crippen LogP contribution < -0.4 is 16.0 Å². The fourth-order valence-corrected chi connectivity index (χ4v) is 4.99. The lowest BCUT2D eigenvalue weighted by molar-refractivity contribution is -0.140. The lowest BCUT2D eigenvalue weighted by atomic mass is 9.85. The van der Waals surface area contributed by atoms with Crippen LogP contribution in [0.4, 0.5) is 5.82 Å². The fraction of sp³-hybridized carbons (Fsp3) is 0.565. The summed E-state index contributed by atoms with van der Waals surface area (Å²) in [5, 5.41) is 9.88. The van der Waals surface area contributed by atoms with E-state index in [9.17, 15) is 9.59 Å². The summed E-state index contributed by atoms with van der Waals surface area (Å²) in [4.78, 5) is 35.4. The van der Waals surface area contributed by atoms with Gasteiger partial charge in [0.15, 0.2) is 5.96 Å². The number of aliphatic imine (C=N–C) groups is 1. The van der Waals surface area contributed by atoms with E-state index in [-0.39, 0.29) is 59.5 Å². The van der Waals surface area contributed by atoms with Gasteiger partial charge in [0.1, 0.15) is 5.82 Å². The summed E-state index contributed by atoms with van der Waals surface area (Å²) in [5.41, 5.74) is 0. The first-order valence-electron chi connectivity index (χ1n) is 11.3. The molecule has 9 heteroatoms. The molecule has 2 heterocycles. The molecule has 3 N–H and O–H groups in total. The molecule has 1 aromatic rings. The van der Waals surface area contributed by atoms with Crippen molar-refractivity contribution in [2.45, 2.75) is 25.7 Å². The van der Waals surface area contributed by atoms with Crippen LogP contribution in [0, 0.1) is 23.7 Å². The first kappa shape index (κ1) is 24.5. The van der Waals surface area contributed by atoms with E-state index in [2.05, 4.69) is 38.1 Å². The van der Waals surface area contributed by atoms with Crippen LogP contribution in [0.3, 0.4) is 0 Å². The number of guanidine groups is 1. The minimum atomic E-state index is -0.1000. The lowest BCUT2D eigenvalue weighted by Crippen LogP contribution is -2.40. The molecule has 0 aromatic carbocycles. The SMILES string of the molecule is CN=C(NCCCCNc1ccccn1)NCCCN1C(=O)C2C3C=CC(C3)C2C1=O.I. The summed E-state index contributed by atoms with van der Waals surface area (Å²) in [7, 11) is 1.75. The van der Waals surface area contributed by atoms with E-state index in [0.717, 1.165) is 44.1 Å². The maximum Gasteiger partial charge on any atom is 0.233 e. The van der Waals surface area contributed by atoms with Gasteiger partial charge in [0, 0.05) is 39.4 Å². The highest BCUT2D eigenvalue weighted by atomic mass is 127. The highest BCUT2D eigenvalue weighted by Gasteiger charge is 2.58. The Bertz CT molecular complexity index is 816. The predicted molar refractivity (Wildman–Crippen MR) is 136 cm³/mol. The third-order valence-electron chi connectivity index (χ3n) is 6.50. The van der Waals surface area contributed by atoms with E-state index in [1.54, 1.807) is 13.2 Å². The van der Waals surface area contributed by atoms with Gasteiger partial charge in [-0.2, -0.15) is 0 Å². The molecule has 4 rings (SSSR count). The number of unbranched alkanes of at least 4 members (excludes halogenated alkanes) is 1. The number of hydrogen-bond donors (Lipinski definition) is 3. The van der Waals surface area contributed by atoms with Crippen molar-refractivity contribution >= 4 is 47.6 Å². The largest absolute Gasteiger partial charge is 0.370 e. The average Bonchev–Trinajstić information content (AvgIpc) is 3.47. The van der Waals surface area contributed by atoms with Crippen LogP contribution in [0.5, 0.6) is 0 Å². The number of nitrogens with one attached hydrogen (secondary N) is 3. The molecule has 2 fully saturated rings. The Kier molecular flexibility index (Phi) is 8.89. The van der Waals surface area contributed by atoms with Crippen molar-refractivity contribution in [3.05, 3.63) is 36.5 Å². The first-order chi connectivity index (χ1) is 15.2. The molecule has 0 spiro atoms. The topological polar surface area (TPSA) is 98.7 Å². The van der Waals surface area contributed by atoms with E-state index < -0.39 is 0 Å². The van der Waals surface area contributed by atoms with Crippen molar-refractivity contribution in [2.24, 2.45) is 28.7 Å². The number of nitrogens with zero attached hydrogens (tertiary/aromatic N) is 3. The second-order valence-corrected chi connectivity index (χ2v) is 8.46. The number of carbonyl (C=O) groups is 2. The van der Waals surface area contributed by atoms with E-state index in [1.807, 2.05) is 18.2 Å². The van der Waals surface area contributed by atoms with Crippen LogP contribution >= 0.6 is 24.0 Å². The number of halogens is 1. The first-order valence-corrected chi connectivity index (χ1v) is 11.3. The second kappa shape index (κ2) is 11.6. The molecular formula is C23H33IN6O2. The molecule has 2 aliphatic carbocycles. The fourth-order valence-electron chi connectivity index (χ4n) is 4.99. The van der Waals surface area contributed by atoms with Crippen molar-refractivity contribution in [3.8, 4) is 0 Å². The van der Waals surface area contributed by atoms with Crippen molar-refractivity contribution in [3.63, 3.8) is 0 Å². The van der Waals surface area contributed by atoms with Gasteiger partial charge in [0.05, 0.1) is 11.8 Å². The van der Waals surface area contributed by atoms with Crippen LogP contribution in [0.2, 0.25) is 0 Å². The van der Waals surface area contributed by atoms with Gasteiger partial charge >= 0.3 is 0 Å². The number of imide groups is 1. The molecule has 1 saturated heterocycles. The normalized spacial score (nSPS) is 25.7. The molecule has 32 heavy (non-hydrogen) atoms. The number of carbonyl (C=O) groups excluding carboxylic acids is 2. The number of amides is 2. The Balaban J connectivity index is 0.00000289. The molecule has 1 aromatic heterocycles. The Morgan fingerprint density at radius 1 is 1.03 bits per heavy atom. The van der Waals surface area contributed by atoms with Gasteiger partial charge in [-0.1, -0.05) is 18.2 Å². The van der Waals surface area contributed by atoms with E-state index in [1.165, 1.54) is 4.90 Å². The molecule has 4 atom stereocenters. The third kappa shape index (κ3) is 5.41. The van der Waals surface area contributed by atoms with Crippen molar-refractivity contribution < 1.29 is 9.59 Å². The maximum atomic E-state index is 12.7. The van der Waals surface area contributed by atoms with E-state index >= 15 is 0 Å². The van der Waals surface area contributed by atoms with Crippen molar-refractivity contribution in [2.75, 3.05) is 38.5 Å². The number of rotatable bonds is 10. The molecule has 174 valence electrons. The van der Waals surface area contributed by atoms with Gasteiger partial charge < -0.3 is 16.0 Å². The van der Waals surface area contributed by atoms with Crippen molar-refractivity contribution in [1.29, 1.82) is 0 Å². The van der Waals surface area contributed by atoms with Gasteiger partial charge in [-0.15, -0.1) is 24.0 Å². The smallest absolute Gasteiger partial charge is 0.233 e. The molecule has 2 bridgehead atoms. The number of fused-ring (bicyclic) bond motifs is 5. The Labute approximate surface area is 206 Å². The monoisotopic (exact) mass is 552 g/mol. The van der Waals surface area contributed by atoms with E-state index in [4.69, 9.17) is 0 Å². The number of anilines is 1. The summed E-state index contributed by atoms with van der Waals surface area (Å²) >= 11 is 0. The standard InChI is InChI=1S/C23H32N6O2.HI/c1-24-23(27-12-5-4-11-26-18-7-2-3-10-25-18)28-13-6-14-29-21(30)19-16-8-9-17(15-16)20(19)22(29)31;/h2-3,7-10,16-17,19-20H,4-6,11-15H2,1H3,(H,25,26)(H2,24,27,28);1H.